The molecule has 29 heavy (non-hydrogen) atoms. The predicted molar refractivity (Wildman–Crippen MR) is 85.0 cm³/mol. The summed E-state index contributed by atoms with van der Waals surface area (Å²) in [6, 6.07) is 1.26. The van der Waals surface area contributed by atoms with E-state index in [1.54, 1.807) is 0 Å². The van der Waals surface area contributed by atoms with E-state index in [1.807, 2.05) is 5.92 Å². The highest BCUT2D eigenvalue weighted by molar-refractivity contribution is 6.02. The van der Waals surface area contributed by atoms with E-state index in [9.17, 15) is 31.1 Å². The molecule has 0 unspecified atom stereocenters. The molecule has 1 heterocycles. The van der Waals surface area contributed by atoms with Crippen LogP contribution in [0.15, 0.2) is 12.1 Å². The zero-order chi connectivity index (χ0) is 21.7. The molecule has 0 N–H and O–H groups in total. The molecule has 0 spiro atoms. The predicted octanol–water partition coefficient (Wildman–Crippen LogP) is 4.01. The molecule has 4 nitrogen and oxygen atoms in total. The summed E-state index contributed by atoms with van der Waals surface area (Å²) >= 11 is 0. The molecule has 0 bridgehead atoms. The van der Waals surface area contributed by atoms with Gasteiger partial charge >= 0.3 is 12.0 Å². The quantitative estimate of drug-likeness (QED) is 0.327. The van der Waals surface area contributed by atoms with Gasteiger partial charge in [-0.05, 0) is 12.1 Å². The maximum atomic E-state index is 15.1. The summed E-state index contributed by atoms with van der Waals surface area (Å²) in [5.74, 6) is -12.0. The Kier molecular flexibility index (Phi) is 4.82. The van der Waals surface area contributed by atoms with Gasteiger partial charge in [0.1, 0.15) is 5.69 Å². The number of hydrogen-bond acceptors (Lipinski definition) is 3. The van der Waals surface area contributed by atoms with Gasteiger partial charge in [0.15, 0.2) is 34.8 Å². The number of methoxy groups -OCH3 is 1. The molecule has 2 aromatic rings. The first kappa shape index (κ1) is 20.3. The van der Waals surface area contributed by atoms with Crippen LogP contribution in [0.1, 0.15) is 0 Å². The van der Waals surface area contributed by atoms with Crippen LogP contribution in [0.3, 0.4) is 0 Å². The maximum Gasteiger partial charge on any atom is 0.483 e. The molecule has 2 aromatic carbocycles. The van der Waals surface area contributed by atoms with Crippen molar-refractivity contribution in [3.05, 3.63) is 41.2 Å². The highest BCUT2D eigenvalue weighted by atomic mass is 19.3. The van der Waals surface area contributed by atoms with Crippen LogP contribution in [0.4, 0.5) is 36.4 Å². The molecule has 0 saturated heterocycles. The molecular weight excluding hydrogens is 411 g/mol. The third-order valence-electron chi connectivity index (χ3n) is 4.03. The number of carbonyl (C=O) groups is 1. The number of anilines is 1. The van der Waals surface area contributed by atoms with Gasteiger partial charge in [-0.25, -0.2) is 17.6 Å². The van der Waals surface area contributed by atoms with E-state index in [0.717, 1.165) is 7.11 Å². The van der Waals surface area contributed by atoms with Crippen LogP contribution in [-0.4, -0.2) is 25.7 Å². The largest absolute Gasteiger partial charge is 0.491 e. The zero-order valence-electron chi connectivity index (χ0n) is 14.3. The number of ether oxygens (including phenoxy) is 2. The minimum atomic E-state index is -4.38. The van der Waals surface area contributed by atoms with Crippen LogP contribution in [-0.2, 0) is 4.79 Å². The number of hydrogen-bond donors (Lipinski definition) is 0. The zero-order valence-corrected chi connectivity index (χ0v) is 14.3. The van der Waals surface area contributed by atoms with Crippen molar-refractivity contribution in [1.82, 2.24) is 0 Å². The number of nitrogens with zero attached hydrogens (tertiary/aromatic N) is 1. The fourth-order valence-corrected chi connectivity index (χ4v) is 2.78. The standard InChI is InChI=1S/C18H8F7NO3/c1-3-6-26-15-8(29-18(24,25)17(26)27)5-4-7(10(15)19)9-11(20)13(22)14(23)16(28-2)12(9)21/h1,4-5H,6H2,2H3. The van der Waals surface area contributed by atoms with E-state index >= 15 is 4.39 Å². The number of benzene rings is 2. The molecule has 0 saturated carbocycles. The van der Waals surface area contributed by atoms with Gasteiger partial charge in [-0.3, -0.25) is 9.69 Å². The molecule has 152 valence electrons. The fourth-order valence-electron chi connectivity index (χ4n) is 2.78. The van der Waals surface area contributed by atoms with Crippen molar-refractivity contribution >= 4 is 11.6 Å². The Morgan fingerprint density at radius 2 is 1.72 bits per heavy atom. The normalized spacial score (nSPS) is 14.9. The first-order chi connectivity index (χ1) is 13.6. The Morgan fingerprint density at radius 3 is 2.31 bits per heavy atom. The summed E-state index contributed by atoms with van der Waals surface area (Å²) < 4.78 is 107. The van der Waals surface area contributed by atoms with Gasteiger partial charge in [0.2, 0.25) is 5.82 Å². The van der Waals surface area contributed by atoms with Gasteiger partial charge in [0, 0.05) is 5.56 Å². The summed E-state index contributed by atoms with van der Waals surface area (Å²) in [5.41, 5.74) is -3.34. The smallest absolute Gasteiger partial charge is 0.483 e. The average Bonchev–Trinajstić information content (AvgIpc) is 2.66. The molecule has 0 aliphatic carbocycles. The Labute approximate surface area is 158 Å². The Morgan fingerprint density at radius 1 is 1.07 bits per heavy atom. The Bertz CT molecular complexity index is 1080. The summed E-state index contributed by atoms with van der Waals surface area (Å²) in [7, 11) is 0.759. The number of fused-ring (bicyclic) bond motifs is 1. The fraction of sp³-hybridized carbons (Fsp3) is 0.167. The molecular formula is C18H8F7NO3. The second-order valence-corrected chi connectivity index (χ2v) is 5.65. The number of rotatable bonds is 3. The summed E-state index contributed by atoms with van der Waals surface area (Å²) in [6.07, 6.45) is 0.634. The van der Waals surface area contributed by atoms with Crippen molar-refractivity contribution in [3.8, 4) is 35.0 Å². The highest BCUT2D eigenvalue weighted by Crippen LogP contribution is 2.46. The molecule has 1 amide bonds. The lowest BCUT2D eigenvalue weighted by molar-refractivity contribution is -0.192. The Hall–Kier alpha value is -3.42. The van der Waals surface area contributed by atoms with Crippen LogP contribution in [0.2, 0.25) is 0 Å². The molecule has 1 aliphatic heterocycles. The van der Waals surface area contributed by atoms with Crippen LogP contribution in [0, 0.1) is 41.4 Å². The van der Waals surface area contributed by atoms with Crippen molar-refractivity contribution in [2.75, 3.05) is 18.6 Å². The number of halogens is 7. The average molecular weight is 419 g/mol. The van der Waals surface area contributed by atoms with Gasteiger partial charge in [-0.1, -0.05) is 5.92 Å². The molecule has 11 heteroatoms. The summed E-state index contributed by atoms with van der Waals surface area (Å²) in [5, 5.41) is 0. The van der Waals surface area contributed by atoms with Crippen molar-refractivity contribution in [2.24, 2.45) is 0 Å². The van der Waals surface area contributed by atoms with Crippen molar-refractivity contribution < 1.29 is 45.0 Å². The number of amides is 1. The molecule has 1 aliphatic rings. The lowest BCUT2D eigenvalue weighted by atomic mass is 10.00. The van der Waals surface area contributed by atoms with E-state index in [2.05, 4.69) is 9.47 Å². The second kappa shape index (κ2) is 6.88. The molecule has 0 atom stereocenters. The number of alkyl halides is 2. The van der Waals surface area contributed by atoms with Gasteiger partial charge in [0.25, 0.3) is 0 Å². The van der Waals surface area contributed by atoms with Crippen molar-refractivity contribution in [3.63, 3.8) is 0 Å². The molecule has 3 rings (SSSR count). The van der Waals surface area contributed by atoms with Crippen molar-refractivity contribution in [1.29, 1.82) is 0 Å². The topological polar surface area (TPSA) is 38.8 Å². The summed E-state index contributed by atoms with van der Waals surface area (Å²) in [4.78, 5) is 12.0. The minimum Gasteiger partial charge on any atom is -0.491 e. The second-order valence-electron chi connectivity index (χ2n) is 5.65. The maximum absolute atomic E-state index is 15.1. The molecule has 0 aromatic heterocycles. The van der Waals surface area contributed by atoms with Crippen LogP contribution >= 0.6 is 0 Å². The monoisotopic (exact) mass is 419 g/mol. The molecule has 0 radical (unpaired) electrons. The lowest BCUT2D eigenvalue weighted by Gasteiger charge is -2.33. The van der Waals surface area contributed by atoms with Crippen LogP contribution in [0.5, 0.6) is 11.5 Å². The SMILES string of the molecule is C#CCN1C(=O)C(F)(F)Oc2ccc(-c3c(F)c(F)c(F)c(OC)c3F)c(F)c21. The van der Waals surface area contributed by atoms with E-state index < -0.39 is 76.0 Å². The first-order valence-corrected chi connectivity index (χ1v) is 7.61. The third kappa shape index (κ3) is 2.91. The minimum absolute atomic E-state index is 0.130. The first-order valence-electron chi connectivity index (χ1n) is 7.61. The number of terminal acetylenes is 1. The van der Waals surface area contributed by atoms with Gasteiger partial charge in [0.05, 0.1) is 19.2 Å². The molecule has 0 fully saturated rings. The van der Waals surface area contributed by atoms with E-state index in [4.69, 9.17) is 6.42 Å². The van der Waals surface area contributed by atoms with Gasteiger partial charge < -0.3 is 9.47 Å². The van der Waals surface area contributed by atoms with Gasteiger partial charge in [-0.15, -0.1) is 6.42 Å². The van der Waals surface area contributed by atoms with Crippen molar-refractivity contribution in [2.45, 2.75) is 6.11 Å². The van der Waals surface area contributed by atoms with E-state index in [1.165, 1.54) is 0 Å². The number of carbonyl (C=O) groups excluding carboxylic acids is 1. The van der Waals surface area contributed by atoms with Crippen LogP contribution < -0.4 is 14.4 Å². The van der Waals surface area contributed by atoms with Crippen LogP contribution in [0.25, 0.3) is 11.1 Å². The third-order valence-corrected chi connectivity index (χ3v) is 4.03. The van der Waals surface area contributed by atoms with E-state index in [0.29, 0.717) is 12.1 Å². The van der Waals surface area contributed by atoms with Gasteiger partial charge in [-0.2, -0.15) is 13.2 Å². The Balaban J connectivity index is 2.34. The van der Waals surface area contributed by atoms with E-state index in [-0.39, 0.29) is 4.90 Å². The lowest BCUT2D eigenvalue weighted by Crippen LogP contribution is -2.51. The summed E-state index contributed by atoms with van der Waals surface area (Å²) in [6.45, 7) is -0.836. The highest BCUT2D eigenvalue weighted by Gasteiger charge is 2.51.